The number of carbonyl (C=O) groups excluding carboxylic acids is 2. The maximum Gasteiger partial charge on any atom is 0.237 e. The second kappa shape index (κ2) is 7.26. The monoisotopic (exact) mass is 351 g/mol. The molecule has 0 radical (unpaired) electrons. The topological polar surface area (TPSA) is 52.7 Å². The van der Waals surface area contributed by atoms with E-state index in [9.17, 15) is 9.59 Å². The van der Waals surface area contributed by atoms with Gasteiger partial charge in [0.15, 0.2) is 0 Å². The molecular formula is C20H37N3O2. The first kappa shape index (κ1) is 20.2. The van der Waals surface area contributed by atoms with E-state index in [0.717, 1.165) is 38.6 Å². The van der Waals surface area contributed by atoms with Crippen LogP contribution in [0.25, 0.3) is 0 Å². The van der Waals surface area contributed by atoms with Gasteiger partial charge in [0.1, 0.15) is 0 Å². The van der Waals surface area contributed by atoms with Crippen LogP contribution < -0.4 is 5.32 Å². The lowest BCUT2D eigenvalue weighted by Gasteiger charge is -2.45. The van der Waals surface area contributed by atoms with E-state index >= 15 is 0 Å². The van der Waals surface area contributed by atoms with Crippen LogP contribution in [0, 0.1) is 10.8 Å². The Kier molecular flexibility index (Phi) is 5.87. The number of likely N-dealkylation sites (tertiary alicyclic amines) is 1. The molecule has 1 N–H and O–H groups in total. The maximum atomic E-state index is 13.3. The Hall–Kier alpha value is -1.10. The highest BCUT2D eigenvalue weighted by molar-refractivity contribution is 5.84. The quantitative estimate of drug-likeness (QED) is 0.850. The fourth-order valence-electron chi connectivity index (χ4n) is 4.33. The molecule has 0 aromatic rings. The summed E-state index contributed by atoms with van der Waals surface area (Å²) in [6.07, 6.45) is 5.19. The van der Waals surface area contributed by atoms with Crippen LogP contribution in [0.1, 0.15) is 66.7 Å². The lowest BCUT2D eigenvalue weighted by atomic mass is 9.74. The second-order valence-corrected chi connectivity index (χ2v) is 9.82. The Morgan fingerprint density at radius 3 is 2.16 bits per heavy atom. The number of nitrogens with one attached hydrogen (secondary N) is 1. The van der Waals surface area contributed by atoms with Crippen LogP contribution in [-0.4, -0.2) is 60.4 Å². The Bertz CT molecular complexity index is 500. The molecule has 25 heavy (non-hydrogen) atoms. The van der Waals surface area contributed by atoms with E-state index in [-0.39, 0.29) is 23.9 Å². The third-order valence-corrected chi connectivity index (χ3v) is 6.05. The normalized spacial score (nSPS) is 28.0. The van der Waals surface area contributed by atoms with E-state index in [0.29, 0.717) is 11.5 Å². The van der Waals surface area contributed by atoms with Gasteiger partial charge in [-0.15, -0.1) is 0 Å². The lowest BCUT2D eigenvalue weighted by Crippen LogP contribution is -2.53. The van der Waals surface area contributed by atoms with Crippen LogP contribution in [-0.2, 0) is 9.59 Å². The van der Waals surface area contributed by atoms with Crippen molar-refractivity contribution in [1.29, 1.82) is 0 Å². The van der Waals surface area contributed by atoms with Gasteiger partial charge in [0.25, 0.3) is 0 Å². The summed E-state index contributed by atoms with van der Waals surface area (Å²) < 4.78 is 0. The molecule has 5 heteroatoms. The van der Waals surface area contributed by atoms with Crippen molar-refractivity contribution >= 4 is 11.8 Å². The fourth-order valence-corrected chi connectivity index (χ4v) is 4.33. The first-order chi connectivity index (χ1) is 11.5. The van der Waals surface area contributed by atoms with Gasteiger partial charge in [0, 0.05) is 31.1 Å². The number of nitrogens with zero attached hydrogens (tertiary/aromatic N) is 2. The minimum absolute atomic E-state index is 0.0536. The van der Waals surface area contributed by atoms with Crippen molar-refractivity contribution in [2.75, 3.05) is 20.6 Å². The van der Waals surface area contributed by atoms with Gasteiger partial charge >= 0.3 is 0 Å². The van der Waals surface area contributed by atoms with Gasteiger partial charge in [-0.1, -0.05) is 34.6 Å². The SMILES string of the molecule is CNC(=O)[C@@H]1C[C@H](N(C(=O)C(C)(C)C)C2CCC(C)(C)CC2)CN1C. The third kappa shape index (κ3) is 4.55. The predicted octanol–water partition coefficient (Wildman–Crippen LogP) is 2.65. The highest BCUT2D eigenvalue weighted by Crippen LogP contribution is 2.39. The molecule has 144 valence electrons. The van der Waals surface area contributed by atoms with Crippen molar-refractivity contribution in [3.05, 3.63) is 0 Å². The smallest absolute Gasteiger partial charge is 0.237 e. The molecule has 2 fully saturated rings. The van der Waals surface area contributed by atoms with Gasteiger partial charge in [-0.05, 0) is 44.6 Å². The molecule has 1 aliphatic heterocycles. The number of likely N-dealkylation sites (N-methyl/N-ethyl adjacent to an activating group) is 2. The highest BCUT2D eigenvalue weighted by atomic mass is 16.2. The van der Waals surface area contributed by atoms with E-state index in [2.05, 4.69) is 29.0 Å². The lowest BCUT2D eigenvalue weighted by molar-refractivity contribution is -0.146. The minimum atomic E-state index is -0.392. The van der Waals surface area contributed by atoms with Gasteiger partial charge in [0.2, 0.25) is 11.8 Å². The van der Waals surface area contributed by atoms with Crippen LogP contribution >= 0.6 is 0 Å². The molecule has 0 unspecified atom stereocenters. The minimum Gasteiger partial charge on any atom is -0.358 e. The van der Waals surface area contributed by atoms with Gasteiger partial charge in [-0.3, -0.25) is 14.5 Å². The summed E-state index contributed by atoms with van der Waals surface area (Å²) in [4.78, 5) is 29.7. The van der Waals surface area contributed by atoms with Crippen LogP contribution in [0.4, 0.5) is 0 Å². The zero-order valence-corrected chi connectivity index (χ0v) is 17.2. The van der Waals surface area contributed by atoms with E-state index in [1.54, 1.807) is 7.05 Å². The largest absolute Gasteiger partial charge is 0.358 e. The van der Waals surface area contributed by atoms with Crippen molar-refractivity contribution in [3.8, 4) is 0 Å². The Labute approximate surface area is 153 Å². The molecule has 2 atom stereocenters. The Morgan fingerprint density at radius 2 is 1.68 bits per heavy atom. The van der Waals surface area contributed by atoms with Gasteiger partial charge in [-0.25, -0.2) is 0 Å². The number of carbonyl (C=O) groups is 2. The molecule has 1 heterocycles. The van der Waals surface area contributed by atoms with Crippen molar-refractivity contribution < 1.29 is 9.59 Å². The van der Waals surface area contributed by atoms with Gasteiger partial charge < -0.3 is 10.2 Å². The van der Waals surface area contributed by atoms with Crippen molar-refractivity contribution in [2.45, 2.75) is 84.8 Å². The average Bonchev–Trinajstić information content (AvgIpc) is 2.89. The molecule has 1 saturated heterocycles. The summed E-state index contributed by atoms with van der Waals surface area (Å²) in [6.45, 7) is 11.4. The summed E-state index contributed by atoms with van der Waals surface area (Å²) in [5.74, 6) is 0.283. The third-order valence-electron chi connectivity index (χ3n) is 6.05. The number of amides is 2. The van der Waals surface area contributed by atoms with Gasteiger partial charge in [0.05, 0.1) is 6.04 Å². The summed E-state index contributed by atoms with van der Waals surface area (Å²) in [7, 11) is 3.68. The molecule has 0 aromatic carbocycles. The predicted molar refractivity (Wildman–Crippen MR) is 101 cm³/mol. The zero-order chi connectivity index (χ0) is 19.0. The molecule has 5 nitrogen and oxygen atoms in total. The molecule has 2 rings (SSSR count). The van der Waals surface area contributed by atoms with E-state index < -0.39 is 5.41 Å². The van der Waals surface area contributed by atoms with Crippen molar-refractivity contribution in [3.63, 3.8) is 0 Å². The van der Waals surface area contributed by atoms with Crippen LogP contribution in [0.3, 0.4) is 0 Å². The number of hydrogen-bond donors (Lipinski definition) is 1. The molecule has 1 aliphatic carbocycles. The molecule has 1 saturated carbocycles. The number of rotatable bonds is 3. The molecule has 0 spiro atoms. The van der Waals surface area contributed by atoms with E-state index in [1.165, 1.54) is 0 Å². The summed E-state index contributed by atoms with van der Waals surface area (Å²) in [6, 6.07) is 0.303. The summed E-state index contributed by atoms with van der Waals surface area (Å²) in [5, 5.41) is 2.76. The first-order valence-corrected chi connectivity index (χ1v) is 9.71. The van der Waals surface area contributed by atoms with Crippen LogP contribution in [0.2, 0.25) is 0 Å². The van der Waals surface area contributed by atoms with Crippen molar-refractivity contribution in [2.24, 2.45) is 10.8 Å². The first-order valence-electron chi connectivity index (χ1n) is 9.71. The number of hydrogen-bond acceptors (Lipinski definition) is 3. The van der Waals surface area contributed by atoms with Crippen molar-refractivity contribution in [1.82, 2.24) is 15.1 Å². The molecular weight excluding hydrogens is 314 g/mol. The fraction of sp³-hybridized carbons (Fsp3) is 0.900. The standard InChI is InChI=1S/C20H37N3O2/c1-19(2,3)18(25)23(14-8-10-20(4,5)11-9-14)15-12-16(17(24)21-6)22(7)13-15/h14-16H,8-13H2,1-7H3,(H,21,24)/t15-,16-/m0/s1. The molecule has 0 aromatic heterocycles. The highest BCUT2D eigenvalue weighted by Gasteiger charge is 2.44. The van der Waals surface area contributed by atoms with E-state index in [4.69, 9.17) is 0 Å². The second-order valence-electron chi connectivity index (χ2n) is 9.82. The van der Waals surface area contributed by atoms with E-state index in [1.807, 2.05) is 27.8 Å². The molecule has 2 amide bonds. The van der Waals surface area contributed by atoms with Gasteiger partial charge in [-0.2, -0.15) is 0 Å². The average molecular weight is 352 g/mol. The Balaban J connectivity index is 2.21. The summed E-state index contributed by atoms with van der Waals surface area (Å²) >= 11 is 0. The molecule has 2 aliphatic rings. The summed E-state index contributed by atoms with van der Waals surface area (Å²) in [5.41, 5.74) is -0.0132. The molecule has 0 bridgehead atoms. The zero-order valence-electron chi connectivity index (χ0n) is 17.2. The Morgan fingerprint density at radius 1 is 1.12 bits per heavy atom. The maximum absolute atomic E-state index is 13.3. The van der Waals surface area contributed by atoms with Crippen LogP contribution in [0.15, 0.2) is 0 Å². The van der Waals surface area contributed by atoms with Crippen LogP contribution in [0.5, 0.6) is 0 Å².